The van der Waals surface area contributed by atoms with Gasteiger partial charge in [0.25, 0.3) is 29.3 Å². The standard InChI is InChI=1S/3C37H26FN3O4S2.2C2H4O2/c3*1-22-17-18-25(20-30(22)38)33(42)31-32(24-11-8-15-28(19-24)45-27-13-3-2-4-14-27)41(35(44)34(31)43)36-39-40-37(47-36)46-21-26-12-7-10-23-9-5-6-16-29(23)26;2*1-2(3)4/h3*2-20,32,42H,21H2,1H3;2*1H3,(H,3,4). The van der Waals surface area contributed by atoms with E-state index < -0.39 is 99.9 Å². The molecule has 3 saturated heterocycles. The zero-order chi connectivity index (χ0) is 105. The van der Waals surface area contributed by atoms with Crippen molar-refractivity contribution in [2.24, 2.45) is 0 Å². The number of thioether (sulfide) groups is 3. The van der Waals surface area contributed by atoms with Crippen molar-refractivity contribution in [1.29, 1.82) is 0 Å². The van der Waals surface area contributed by atoms with Crippen LogP contribution in [0.15, 0.2) is 376 Å². The average molecular weight is 2100 g/mol. The highest BCUT2D eigenvalue weighted by Gasteiger charge is 2.52. The number of benzene rings is 15. The zero-order valence-corrected chi connectivity index (χ0v) is 84.5. The van der Waals surface area contributed by atoms with Crippen LogP contribution in [-0.2, 0) is 55.6 Å². The van der Waals surface area contributed by atoms with E-state index in [0.717, 1.165) is 81.1 Å². The van der Waals surface area contributed by atoms with Crippen molar-refractivity contribution in [3.8, 4) is 34.5 Å². The minimum Gasteiger partial charge on any atom is -0.507 e. The molecule has 3 amide bonds. The Kier molecular flexibility index (Phi) is 32.6. The molecule has 0 spiro atoms. The second-order valence-electron chi connectivity index (χ2n) is 33.7. The van der Waals surface area contributed by atoms with Crippen LogP contribution in [0.4, 0.5) is 28.6 Å². The second kappa shape index (κ2) is 47.0. The van der Waals surface area contributed by atoms with Crippen LogP contribution >= 0.6 is 69.3 Å². The molecule has 18 aromatic rings. The maximum Gasteiger partial charge on any atom is 0.301 e. The molecule has 15 aromatic carbocycles. The van der Waals surface area contributed by atoms with Gasteiger partial charge < -0.3 is 39.7 Å². The van der Waals surface area contributed by atoms with E-state index >= 15 is 0 Å². The number of Topliss-reactive ketones (excluding diaryl/α,β-unsaturated/α-hetero) is 3. The first kappa shape index (κ1) is 103. The second-order valence-corrected chi connectivity index (χ2v) is 40.3. The summed E-state index contributed by atoms with van der Waals surface area (Å²) in [6.45, 7) is 6.96. The van der Waals surface area contributed by atoms with Crippen LogP contribution in [0.3, 0.4) is 0 Å². The summed E-state index contributed by atoms with van der Waals surface area (Å²) in [5.74, 6) is -5.07. The third-order valence-electron chi connectivity index (χ3n) is 23.6. The fourth-order valence-electron chi connectivity index (χ4n) is 16.6. The summed E-state index contributed by atoms with van der Waals surface area (Å²) < 4.78 is 63.7. The van der Waals surface area contributed by atoms with Crippen molar-refractivity contribution >= 4 is 181 Å². The zero-order valence-electron chi connectivity index (χ0n) is 79.6. The van der Waals surface area contributed by atoms with E-state index in [1.807, 2.05) is 146 Å². The van der Waals surface area contributed by atoms with Crippen LogP contribution in [-0.4, -0.2) is 103 Å². The van der Waals surface area contributed by atoms with Crippen LogP contribution in [0.5, 0.6) is 34.5 Å². The number of ketones is 3. The van der Waals surface area contributed by atoms with Gasteiger partial charge in [0.15, 0.2) is 13.0 Å². The Morgan fingerprint density at radius 1 is 0.302 bits per heavy atom. The number of halogens is 3. The first-order valence-electron chi connectivity index (χ1n) is 46.0. The average Bonchev–Trinajstić information content (AvgIpc) is 1.60. The smallest absolute Gasteiger partial charge is 0.301 e. The molecule has 25 nitrogen and oxygen atoms in total. The summed E-state index contributed by atoms with van der Waals surface area (Å²) in [5, 5.41) is 82.7. The Morgan fingerprint density at radius 2 is 0.537 bits per heavy atom. The highest BCUT2D eigenvalue weighted by molar-refractivity contribution is 8.00. The summed E-state index contributed by atoms with van der Waals surface area (Å²) in [6, 6.07) is 100. The van der Waals surface area contributed by atoms with Crippen LogP contribution in [0.1, 0.15) is 98.7 Å². The van der Waals surface area contributed by atoms with Gasteiger partial charge in [-0.15, -0.1) is 30.6 Å². The molecule has 0 saturated carbocycles. The fraction of sp³-hybridized carbons (Fsp3) is 0.0957. The van der Waals surface area contributed by atoms with Crippen molar-refractivity contribution < 1.29 is 91.3 Å². The maximum atomic E-state index is 14.6. The lowest BCUT2D eigenvalue weighted by atomic mass is 9.95. The normalized spacial score (nSPS) is 15.3. The number of aliphatic carboxylic acids is 2. The number of nitrogens with zero attached hydrogens (tertiary/aromatic N) is 9. The number of hydrogen-bond donors (Lipinski definition) is 5. The topological polar surface area (TPSA) is 352 Å². The number of fused-ring (bicyclic) bond motifs is 3. The van der Waals surface area contributed by atoms with E-state index in [9.17, 15) is 57.3 Å². The molecule has 0 bridgehead atoms. The number of amides is 3. The molecule has 3 aromatic heterocycles. The van der Waals surface area contributed by atoms with Gasteiger partial charge in [-0.3, -0.25) is 53.1 Å². The Hall–Kier alpha value is -17.0. The Morgan fingerprint density at radius 3 is 0.799 bits per heavy atom. The molecule has 6 heterocycles. The largest absolute Gasteiger partial charge is 0.507 e. The van der Waals surface area contributed by atoms with Crippen LogP contribution in [0, 0.1) is 38.2 Å². The van der Waals surface area contributed by atoms with Crippen LogP contribution in [0.25, 0.3) is 49.6 Å². The first-order chi connectivity index (χ1) is 72.1. The van der Waals surface area contributed by atoms with Gasteiger partial charge in [-0.1, -0.05) is 324 Å². The highest BCUT2D eigenvalue weighted by Crippen LogP contribution is 2.51. The van der Waals surface area contributed by atoms with Gasteiger partial charge in [0.2, 0.25) is 15.4 Å². The van der Waals surface area contributed by atoms with Gasteiger partial charge in [-0.2, -0.15) is 0 Å². The Labute approximate surface area is 875 Å². The highest BCUT2D eigenvalue weighted by atomic mass is 32.2. The minimum absolute atomic E-state index is 0.0800. The van der Waals surface area contributed by atoms with Gasteiger partial charge in [0.1, 0.15) is 69.2 Å². The third kappa shape index (κ3) is 24.1. The Balaban J connectivity index is 0.000000147. The van der Waals surface area contributed by atoms with E-state index in [1.54, 1.807) is 93.6 Å². The number of carboxylic acids is 2. The number of ether oxygens (including phenoxy) is 3. The molecule has 3 unspecified atom stereocenters. The monoisotopic (exact) mass is 2100 g/mol. The molecule has 3 aliphatic heterocycles. The van der Waals surface area contributed by atoms with Crippen LogP contribution < -0.4 is 28.9 Å². The van der Waals surface area contributed by atoms with Crippen molar-refractivity contribution in [3.63, 3.8) is 0 Å². The van der Waals surface area contributed by atoms with E-state index in [-0.39, 0.29) is 48.8 Å². The lowest BCUT2D eigenvalue weighted by molar-refractivity contribution is -0.135. The number of aryl methyl sites for hydroxylation is 3. The quantitative estimate of drug-likeness (QED) is 0.0123. The van der Waals surface area contributed by atoms with Gasteiger partial charge in [0.05, 0.1) is 34.8 Å². The van der Waals surface area contributed by atoms with Crippen molar-refractivity contribution in [3.05, 3.63) is 447 Å². The molecule has 0 radical (unpaired) electrons. The summed E-state index contributed by atoms with van der Waals surface area (Å²) in [7, 11) is 0. The molecule has 3 fully saturated rings. The maximum absolute atomic E-state index is 14.6. The van der Waals surface area contributed by atoms with Gasteiger partial charge in [-0.05, 0) is 194 Å². The van der Waals surface area contributed by atoms with Crippen molar-refractivity contribution in [2.45, 2.75) is 83.0 Å². The number of carbonyl (C=O) groups is 8. The summed E-state index contributed by atoms with van der Waals surface area (Å²) >= 11 is 7.96. The molecule has 3 aliphatic rings. The van der Waals surface area contributed by atoms with E-state index in [0.29, 0.717) is 98.2 Å². The lowest BCUT2D eigenvalue weighted by Crippen LogP contribution is -2.29. The molecule has 34 heteroatoms. The molecule has 744 valence electrons. The predicted octanol–water partition coefficient (Wildman–Crippen LogP) is 26.7. The number of aliphatic hydroxyl groups excluding tert-OH is 3. The van der Waals surface area contributed by atoms with E-state index in [1.165, 1.54) is 120 Å². The minimum atomic E-state index is -1.08. The van der Waals surface area contributed by atoms with E-state index in [2.05, 4.69) is 103 Å². The SMILES string of the molecule is CC(=O)O.CC(=O)O.Cc1ccc(C(O)=C2C(=O)C(=O)N(c3nnc(SCc4cccc5ccccc45)s3)C2c2cccc(Oc3ccccc3)c2)cc1F.Cc1ccc(C(O)=C2C(=O)C(=O)N(c3nnc(SCc4cccc5ccccc45)s3)C2c2cccc(Oc3ccccc3)c2)cc1F.Cc1ccc(C(O)=C2C(=O)C(=O)N(c3nnc(SCc4cccc5ccccc45)s3)C2c2cccc(Oc3ccccc3)c2)cc1F. The van der Waals surface area contributed by atoms with E-state index in [4.69, 9.17) is 34.0 Å². The summed E-state index contributed by atoms with van der Waals surface area (Å²) in [5.41, 5.74) is 5.70. The molecule has 0 aliphatic carbocycles. The third-order valence-corrected chi connectivity index (χ3v) is 29.9. The summed E-state index contributed by atoms with van der Waals surface area (Å²) in [6.07, 6.45) is 0. The van der Waals surface area contributed by atoms with Crippen molar-refractivity contribution in [2.75, 3.05) is 14.7 Å². The number of para-hydroxylation sites is 3. The molecule has 5 N–H and O–H groups in total. The van der Waals surface area contributed by atoms with Crippen LogP contribution in [0.2, 0.25) is 0 Å². The number of carbonyl (C=O) groups excluding carboxylic acids is 6. The Bertz CT molecular complexity index is 7510. The number of carboxylic acid groups (broad SMARTS) is 2. The van der Waals surface area contributed by atoms with Crippen molar-refractivity contribution in [1.82, 2.24) is 30.6 Å². The molecule has 3 atom stereocenters. The van der Waals surface area contributed by atoms with Gasteiger partial charge >= 0.3 is 17.7 Å². The molecular formula is C115H86F3N9O16S6. The number of rotatable bonds is 24. The first-order valence-corrected chi connectivity index (χ1v) is 51.4. The molecular weight excluding hydrogens is 2010 g/mol. The number of aromatic nitrogens is 6. The van der Waals surface area contributed by atoms with Gasteiger partial charge in [0, 0.05) is 47.8 Å². The fourth-order valence-corrected chi connectivity index (χ4v) is 22.2. The number of hydrogen-bond acceptors (Lipinski definition) is 26. The summed E-state index contributed by atoms with van der Waals surface area (Å²) in [4.78, 5) is 104. The predicted molar refractivity (Wildman–Crippen MR) is 574 cm³/mol. The molecule has 21 rings (SSSR count). The number of anilines is 3. The van der Waals surface area contributed by atoms with Gasteiger partial charge in [-0.25, -0.2) is 13.2 Å². The molecule has 149 heavy (non-hydrogen) atoms. The lowest BCUT2D eigenvalue weighted by Gasteiger charge is -2.23. The number of aliphatic hydroxyl groups is 3.